The molecular weight excluding hydrogens is 504 g/mol. The van der Waals surface area contributed by atoms with E-state index in [2.05, 4.69) is 15.6 Å². The van der Waals surface area contributed by atoms with Crippen molar-refractivity contribution in [3.05, 3.63) is 84.1 Å². The number of aromatic nitrogens is 1. The van der Waals surface area contributed by atoms with Crippen LogP contribution in [0, 0.1) is 0 Å². The summed E-state index contributed by atoms with van der Waals surface area (Å²) in [6, 6.07) is 16.6. The standard InChI is InChI=1S/C24H24N4O8S/c29-14-12-26-24(32)36-21-11-8-18(16-27-21)23(31)28-37(33,34)20-9-6-17(7-10-20)22(30)25-13-15-35-19-4-2-1-3-5-19/h1-11,16,29H,12-15H2,(H,25,30)(H,26,32)(H,28,31). The first-order valence-corrected chi connectivity index (χ1v) is 12.4. The van der Waals surface area contributed by atoms with Gasteiger partial charge in [0, 0.05) is 24.4 Å². The molecule has 12 nitrogen and oxygen atoms in total. The van der Waals surface area contributed by atoms with Crippen LogP contribution in [0.4, 0.5) is 4.79 Å². The second-order valence-corrected chi connectivity index (χ2v) is 8.98. The van der Waals surface area contributed by atoms with Crippen molar-refractivity contribution in [2.45, 2.75) is 4.90 Å². The van der Waals surface area contributed by atoms with Crippen LogP contribution in [-0.4, -0.2) is 62.7 Å². The third kappa shape index (κ3) is 8.30. The smallest absolute Gasteiger partial charge is 0.414 e. The second kappa shape index (κ2) is 13.0. The zero-order valence-corrected chi connectivity index (χ0v) is 20.2. The summed E-state index contributed by atoms with van der Waals surface area (Å²) in [4.78, 5) is 39.7. The van der Waals surface area contributed by atoms with Crippen molar-refractivity contribution in [1.29, 1.82) is 0 Å². The van der Waals surface area contributed by atoms with Gasteiger partial charge in [0.1, 0.15) is 12.4 Å². The molecule has 0 saturated carbocycles. The maximum Gasteiger partial charge on any atom is 0.414 e. The van der Waals surface area contributed by atoms with Gasteiger partial charge in [-0.2, -0.15) is 0 Å². The van der Waals surface area contributed by atoms with E-state index in [1.165, 1.54) is 36.4 Å². The number of amides is 3. The minimum atomic E-state index is -4.24. The molecule has 3 rings (SSSR count). The van der Waals surface area contributed by atoms with Crippen LogP contribution in [0.1, 0.15) is 20.7 Å². The van der Waals surface area contributed by atoms with Crippen molar-refractivity contribution >= 4 is 27.9 Å². The number of hydrogen-bond donors (Lipinski definition) is 4. The number of carbonyl (C=O) groups excluding carboxylic acids is 3. The number of ether oxygens (including phenoxy) is 2. The number of nitrogens with one attached hydrogen (secondary N) is 3. The Balaban J connectivity index is 1.51. The number of benzene rings is 2. The van der Waals surface area contributed by atoms with Crippen LogP contribution in [0.5, 0.6) is 11.6 Å². The molecule has 0 fully saturated rings. The predicted octanol–water partition coefficient (Wildman–Crippen LogP) is 1.09. The highest BCUT2D eigenvalue weighted by molar-refractivity contribution is 7.90. The lowest BCUT2D eigenvalue weighted by Gasteiger charge is -2.09. The number of nitrogens with zero attached hydrogens (tertiary/aromatic N) is 1. The number of sulfonamides is 1. The van der Waals surface area contributed by atoms with Crippen LogP contribution in [0.25, 0.3) is 0 Å². The normalized spacial score (nSPS) is 10.7. The molecule has 2 aromatic carbocycles. The molecule has 3 amide bonds. The Morgan fingerprint density at radius 1 is 0.838 bits per heavy atom. The van der Waals surface area contributed by atoms with Crippen LogP contribution in [0.15, 0.2) is 77.8 Å². The molecule has 0 aliphatic carbocycles. The lowest BCUT2D eigenvalue weighted by Crippen LogP contribution is -2.31. The minimum Gasteiger partial charge on any atom is -0.492 e. The largest absolute Gasteiger partial charge is 0.492 e. The summed E-state index contributed by atoms with van der Waals surface area (Å²) < 4.78 is 37.4. The number of rotatable bonds is 11. The van der Waals surface area contributed by atoms with Crippen molar-refractivity contribution in [1.82, 2.24) is 20.3 Å². The van der Waals surface area contributed by atoms with E-state index in [4.69, 9.17) is 14.6 Å². The van der Waals surface area contributed by atoms with E-state index in [-0.39, 0.29) is 48.2 Å². The molecule has 0 aliphatic rings. The van der Waals surface area contributed by atoms with Gasteiger partial charge in [-0.15, -0.1) is 0 Å². The molecule has 0 saturated heterocycles. The fourth-order valence-electron chi connectivity index (χ4n) is 2.84. The molecule has 0 aliphatic heterocycles. The van der Waals surface area contributed by atoms with Gasteiger partial charge < -0.3 is 25.2 Å². The molecule has 3 aromatic rings. The Morgan fingerprint density at radius 2 is 1.54 bits per heavy atom. The average molecular weight is 529 g/mol. The predicted molar refractivity (Wildman–Crippen MR) is 131 cm³/mol. The first-order valence-electron chi connectivity index (χ1n) is 10.9. The number of aliphatic hydroxyl groups excluding tert-OH is 1. The molecule has 4 N–H and O–H groups in total. The van der Waals surface area contributed by atoms with E-state index in [9.17, 15) is 22.8 Å². The summed E-state index contributed by atoms with van der Waals surface area (Å²) in [5.74, 6) is -0.822. The summed E-state index contributed by atoms with van der Waals surface area (Å²) in [5.41, 5.74) is 0.133. The summed E-state index contributed by atoms with van der Waals surface area (Å²) in [7, 11) is -4.24. The van der Waals surface area contributed by atoms with Gasteiger partial charge in [-0.25, -0.2) is 22.9 Å². The average Bonchev–Trinajstić information content (AvgIpc) is 2.90. The summed E-state index contributed by atoms with van der Waals surface area (Å²) in [5, 5.41) is 13.6. The zero-order valence-electron chi connectivity index (χ0n) is 19.4. The number of hydrogen-bond acceptors (Lipinski definition) is 9. The van der Waals surface area contributed by atoms with Crippen LogP contribution in [0.2, 0.25) is 0 Å². The van der Waals surface area contributed by atoms with Gasteiger partial charge in [0.15, 0.2) is 0 Å². The second-order valence-electron chi connectivity index (χ2n) is 7.30. The fourth-order valence-corrected chi connectivity index (χ4v) is 3.82. The van der Waals surface area contributed by atoms with E-state index in [0.29, 0.717) is 5.75 Å². The van der Waals surface area contributed by atoms with Crippen LogP contribution in [0.3, 0.4) is 0 Å². The quantitative estimate of drug-likeness (QED) is 0.266. The third-order valence-corrected chi connectivity index (χ3v) is 5.98. The van der Waals surface area contributed by atoms with Gasteiger partial charge >= 0.3 is 6.09 Å². The third-order valence-electron chi connectivity index (χ3n) is 4.63. The Labute approximate surface area is 212 Å². The molecule has 0 spiro atoms. The minimum absolute atomic E-state index is 0.00739. The molecule has 0 bridgehead atoms. The molecule has 1 aromatic heterocycles. The molecule has 194 valence electrons. The Hall–Kier alpha value is -4.49. The molecular formula is C24H24N4O8S. The topological polar surface area (TPSA) is 173 Å². The van der Waals surface area contributed by atoms with Crippen molar-refractivity contribution in [3.8, 4) is 11.6 Å². The van der Waals surface area contributed by atoms with E-state index in [0.717, 1.165) is 6.20 Å². The molecule has 0 atom stereocenters. The van der Waals surface area contributed by atoms with Crippen LogP contribution >= 0.6 is 0 Å². The zero-order chi connectivity index (χ0) is 26.7. The van der Waals surface area contributed by atoms with Crippen molar-refractivity contribution in [2.75, 3.05) is 26.3 Å². The number of aliphatic hydroxyl groups is 1. The van der Waals surface area contributed by atoms with Crippen LogP contribution in [-0.2, 0) is 10.0 Å². The maximum atomic E-state index is 12.6. The monoisotopic (exact) mass is 528 g/mol. The van der Waals surface area contributed by atoms with Crippen molar-refractivity contribution in [3.63, 3.8) is 0 Å². The Bertz CT molecular complexity index is 1320. The van der Waals surface area contributed by atoms with Gasteiger partial charge in [-0.3, -0.25) is 9.59 Å². The van der Waals surface area contributed by atoms with Crippen molar-refractivity contribution in [2.24, 2.45) is 0 Å². The first-order chi connectivity index (χ1) is 17.8. The molecule has 0 unspecified atom stereocenters. The molecule has 13 heteroatoms. The lowest BCUT2D eigenvalue weighted by molar-refractivity contribution is 0.0944. The van der Waals surface area contributed by atoms with Crippen molar-refractivity contribution < 1.29 is 37.4 Å². The van der Waals surface area contributed by atoms with E-state index >= 15 is 0 Å². The summed E-state index contributed by atoms with van der Waals surface area (Å²) in [6.07, 6.45) is 0.188. The Kier molecular flexibility index (Phi) is 9.52. The summed E-state index contributed by atoms with van der Waals surface area (Å²) in [6.45, 7) is 0.228. The van der Waals surface area contributed by atoms with Crippen LogP contribution < -0.4 is 24.8 Å². The molecule has 1 heterocycles. The number of para-hydroxylation sites is 1. The molecule has 0 radical (unpaired) electrons. The fraction of sp³-hybridized carbons (Fsp3) is 0.167. The van der Waals surface area contributed by atoms with E-state index < -0.39 is 27.9 Å². The Morgan fingerprint density at radius 3 is 2.19 bits per heavy atom. The highest BCUT2D eigenvalue weighted by Gasteiger charge is 2.20. The van der Waals surface area contributed by atoms with Gasteiger partial charge in [-0.1, -0.05) is 18.2 Å². The number of carbonyl (C=O) groups is 3. The maximum absolute atomic E-state index is 12.6. The van der Waals surface area contributed by atoms with Gasteiger partial charge in [0.05, 0.1) is 23.6 Å². The van der Waals surface area contributed by atoms with Gasteiger partial charge in [0.25, 0.3) is 21.8 Å². The highest BCUT2D eigenvalue weighted by atomic mass is 32.2. The summed E-state index contributed by atoms with van der Waals surface area (Å²) >= 11 is 0. The number of pyridine rings is 1. The van der Waals surface area contributed by atoms with E-state index in [1.807, 2.05) is 22.9 Å². The van der Waals surface area contributed by atoms with Gasteiger partial charge in [-0.05, 0) is 42.5 Å². The highest BCUT2D eigenvalue weighted by Crippen LogP contribution is 2.13. The molecule has 37 heavy (non-hydrogen) atoms. The first kappa shape index (κ1) is 27.1. The lowest BCUT2D eigenvalue weighted by atomic mass is 10.2. The SMILES string of the molecule is O=C(NCCO)Oc1ccc(C(=O)NS(=O)(=O)c2ccc(C(=O)NCCOc3ccccc3)cc2)cn1. The van der Waals surface area contributed by atoms with Gasteiger partial charge in [0.2, 0.25) is 5.88 Å². The van der Waals surface area contributed by atoms with E-state index in [1.54, 1.807) is 12.1 Å².